The number of carboxylic acid groups (broad SMARTS) is 1. The predicted molar refractivity (Wildman–Crippen MR) is 95.3 cm³/mol. The van der Waals surface area contributed by atoms with Crippen LogP contribution in [0.3, 0.4) is 0 Å². The van der Waals surface area contributed by atoms with E-state index < -0.39 is 24.9 Å². The van der Waals surface area contributed by atoms with Gasteiger partial charge in [0.25, 0.3) is 5.92 Å². The van der Waals surface area contributed by atoms with Crippen LogP contribution in [0.25, 0.3) is 0 Å². The summed E-state index contributed by atoms with van der Waals surface area (Å²) in [6.45, 7) is -1.19. The van der Waals surface area contributed by atoms with Gasteiger partial charge in [-0.05, 0) is 17.7 Å². The lowest BCUT2D eigenvalue weighted by Crippen LogP contribution is -2.23. The van der Waals surface area contributed by atoms with E-state index in [1.54, 1.807) is 6.07 Å². The second-order valence-corrected chi connectivity index (χ2v) is 6.54. The van der Waals surface area contributed by atoms with Crippen LogP contribution in [0.2, 0.25) is 5.02 Å². The average Bonchev–Trinajstić information content (AvgIpc) is 3.12. The van der Waals surface area contributed by atoms with E-state index in [-0.39, 0.29) is 42.4 Å². The van der Waals surface area contributed by atoms with Crippen molar-refractivity contribution in [3.05, 3.63) is 46.2 Å². The van der Waals surface area contributed by atoms with E-state index in [4.69, 9.17) is 21.8 Å². The first-order valence-corrected chi connectivity index (χ1v) is 8.74. The van der Waals surface area contributed by atoms with E-state index in [0.717, 1.165) is 0 Å². The number of carbonyl (C=O) groups excluding carboxylic acids is 1. The molecule has 1 aromatic heterocycles. The Labute approximate surface area is 164 Å². The topological polar surface area (TPSA) is 117 Å². The summed E-state index contributed by atoms with van der Waals surface area (Å²) in [7, 11) is 0. The molecule has 0 unspecified atom stereocenters. The van der Waals surface area contributed by atoms with Crippen LogP contribution in [0.5, 0.6) is 0 Å². The van der Waals surface area contributed by atoms with E-state index in [0.29, 0.717) is 11.3 Å². The largest absolute Gasteiger partial charge is 0.478 e. The fourth-order valence-electron chi connectivity index (χ4n) is 2.30. The third-order valence-corrected chi connectivity index (χ3v) is 4.21. The maximum atomic E-state index is 13.0. The van der Waals surface area contributed by atoms with Gasteiger partial charge in [0.1, 0.15) is 6.61 Å². The highest BCUT2D eigenvalue weighted by Crippen LogP contribution is 2.18. The number of carbonyl (C=O) groups is 2. The summed E-state index contributed by atoms with van der Waals surface area (Å²) in [5, 5.41) is 27.9. The number of carboxylic acids is 1. The molecule has 0 fully saturated rings. The maximum Gasteiger partial charge on any atom is 0.337 e. The molecule has 0 atom stereocenters. The highest BCUT2D eigenvalue weighted by Gasteiger charge is 2.27. The third-order valence-electron chi connectivity index (χ3n) is 3.88. The first-order valence-electron chi connectivity index (χ1n) is 8.36. The number of aliphatic hydroxyl groups is 1. The first-order chi connectivity index (χ1) is 13.2. The molecule has 0 aliphatic rings. The predicted octanol–water partition coefficient (Wildman–Crippen LogP) is 1.90. The van der Waals surface area contributed by atoms with Crippen LogP contribution in [0.1, 0.15) is 34.5 Å². The molecule has 0 saturated carbocycles. The molecule has 0 bridgehead atoms. The highest BCUT2D eigenvalue weighted by molar-refractivity contribution is 6.33. The minimum absolute atomic E-state index is 0.0446. The Kier molecular flexibility index (Phi) is 7.41. The number of aliphatic hydroxyl groups excluding tert-OH is 1. The van der Waals surface area contributed by atoms with Gasteiger partial charge in [0, 0.05) is 38.5 Å². The second kappa shape index (κ2) is 9.56. The van der Waals surface area contributed by atoms with Gasteiger partial charge in [-0.1, -0.05) is 22.9 Å². The third kappa shape index (κ3) is 6.54. The zero-order chi connectivity index (χ0) is 20.7. The van der Waals surface area contributed by atoms with Gasteiger partial charge in [-0.25, -0.2) is 13.6 Å². The Morgan fingerprint density at radius 1 is 1.32 bits per heavy atom. The van der Waals surface area contributed by atoms with E-state index in [2.05, 4.69) is 15.6 Å². The second-order valence-electron chi connectivity index (χ2n) is 6.13. The summed E-state index contributed by atoms with van der Waals surface area (Å²) in [6.07, 6.45) is 1.28. The molecule has 2 aromatic rings. The standard InChI is InChI=1S/C17H19ClF2N4O4/c18-14-3-1-11(7-13(14)16(27)28)8-21-15(26)4-2-12-9-24(23-22-12)6-5-17(19,20)10-25/h1,3,7,9,25H,2,4-6,8,10H2,(H,21,26)(H,27,28). The van der Waals surface area contributed by atoms with Crippen molar-refractivity contribution in [2.45, 2.75) is 38.3 Å². The number of halogens is 3. The van der Waals surface area contributed by atoms with Crippen LogP contribution >= 0.6 is 11.6 Å². The number of alkyl halides is 2. The van der Waals surface area contributed by atoms with Gasteiger partial charge in [0.05, 0.1) is 16.3 Å². The fraction of sp³-hybridized carbons (Fsp3) is 0.412. The average molecular weight is 417 g/mol. The van der Waals surface area contributed by atoms with E-state index >= 15 is 0 Å². The molecular weight excluding hydrogens is 398 g/mol. The zero-order valence-corrected chi connectivity index (χ0v) is 15.5. The monoisotopic (exact) mass is 416 g/mol. The summed E-state index contributed by atoms with van der Waals surface area (Å²) in [5.41, 5.74) is 1.02. The van der Waals surface area contributed by atoms with Crippen molar-refractivity contribution in [2.24, 2.45) is 0 Å². The van der Waals surface area contributed by atoms with Gasteiger partial charge in [-0.3, -0.25) is 9.48 Å². The zero-order valence-electron chi connectivity index (χ0n) is 14.7. The molecule has 0 spiro atoms. The quantitative estimate of drug-likeness (QED) is 0.544. The number of hydrogen-bond donors (Lipinski definition) is 3. The molecule has 3 N–H and O–H groups in total. The minimum atomic E-state index is -3.17. The number of nitrogens with one attached hydrogen (secondary N) is 1. The fourth-order valence-corrected chi connectivity index (χ4v) is 2.49. The summed E-state index contributed by atoms with van der Waals surface area (Å²) in [5.74, 6) is -4.61. The lowest BCUT2D eigenvalue weighted by molar-refractivity contribution is -0.121. The molecule has 152 valence electrons. The Hall–Kier alpha value is -2.59. The number of rotatable bonds is 10. The lowest BCUT2D eigenvalue weighted by atomic mass is 10.1. The van der Waals surface area contributed by atoms with E-state index in [1.807, 2.05) is 0 Å². The van der Waals surface area contributed by atoms with Crippen LogP contribution in [0, 0.1) is 0 Å². The SMILES string of the molecule is O=C(CCc1cn(CCC(F)(F)CO)nn1)NCc1ccc(Cl)c(C(=O)O)c1. The summed E-state index contributed by atoms with van der Waals surface area (Å²) in [6, 6.07) is 4.45. The molecule has 11 heteroatoms. The number of aryl methyl sites for hydroxylation is 2. The van der Waals surface area contributed by atoms with E-state index in [9.17, 15) is 18.4 Å². The molecule has 8 nitrogen and oxygen atoms in total. The highest BCUT2D eigenvalue weighted by atomic mass is 35.5. The van der Waals surface area contributed by atoms with Crippen molar-refractivity contribution in [1.29, 1.82) is 0 Å². The number of benzene rings is 1. The molecule has 1 amide bonds. The van der Waals surface area contributed by atoms with Crippen molar-refractivity contribution < 1.29 is 28.6 Å². The summed E-state index contributed by atoms with van der Waals surface area (Å²) < 4.78 is 27.3. The molecule has 0 saturated heterocycles. The summed E-state index contributed by atoms with van der Waals surface area (Å²) >= 11 is 5.79. The van der Waals surface area contributed by atoms with Crippen molar-refractivity contribution in [2.75, 3.05) is 6.61 Å². The number of hydrogen-bond acceptors (Lipinski definition) is 5. The van der Waals surface area contributed by atoms with Crippen molar-refractivity contribution in [3.63, 3.8) is 0 Å². The molecule has 0 aliphatic heterocycles. The van der Waals surface area contributed by atoms with Crippen molar-refractivity contribution in [1.82, 2.24) is 20.3 Å². The molecule has 1 heterocycles. The lowest BCUT2D eigenvalue weighted by Gasteiger charge is -2.11. The van der Waals surface area contributed by atoms with Gasteiger partial charge in [0.2, 0.25) is 5.91 Å². The molecule has 1 aromatic carbocycles. The number of aromatic carboxylic acids is 1. The normalized spacial score (nSPS) is 11.4. The van der Waals surface area contributed by atoms with Crippen LogP contribution in [0.4, 0.5) is 8.78 Å². The Morgan fingerprint density at radius 2 is 2.07 bits per heavy atom. The molecule has 28 heavy (non-hydrogen) atoms. The van der Waals surface area contributed by atoms with Crippen molar-refractivity contribution >= 4 is 23.5 Å². The molecule has 0 aliphatic carbocycles. The number of nitrogens with zero attached hydrogens (tertiary/aromatic N) is 3. The first kappa shape index (κ1) is 21.7. The van der Waals surface area contributed by atoms with Gasteiger partial charge in [-0.15, -0.1) is 5.10 Å². The van der Waals surface area contributed by atoms with Gasteiger partial charge < -0.3 is 15.5 Å². The van der Waals surface area contributed by atoms with Crippen LogP contribution in [-0.4, -0.2) is 49.6 Å². The molecule has 0 radical (unpaired) electrons. The van der Waals surface area contributed by atoms with Crippen LogP contribution in [-0.2, 0) is 24.3 Å². The summed E-state index contributed by atoms with van der Waals surface area (Å²) in [4.78, 5) is 23.0. The molecule has 2 rings (SSSR count). The molecular formula is C17H19ClF2N4O4. The van der Waals surface area contributed by atoms with E-state index in [1.165, 1.54) is 23.0 Å². The Balaban J connectivity index is 1.79. The number of amides is 1. The minimum Gasteiger partial charge on any atom is -0.478 e. The smallest absolute Gasteiger partial charge is 0.337 e. The van der Waals surface area contributed by atoms with Crippen molar-refractivity contribution in [3.8, 4) is 0 Å². The number of aromatic nitrogens is 3. The van der Waals surface area contributed by atoms with Crippen LogP contribution in [0.15, 0.2) is 24.4 Å². The van der Waals surface area contributed by atoms with Gasteiger partial charge in [0.15, 0.2) is 0 Å². The van der Waals surface area contributed by atoms with Gasteiger partial charge in [-0.2, -0.15) is 0 Å². The van der Waals surface area contributed by atoms with Gasteiger partial charge >= 0.3 is 5.97 Å². The Bertz CT molecular complexity index is 844. The van der Waals surface area contributed by atoms with Crippen LogP contribution < -0.4 is 5.32 Å². The Morgan fingerprint density at radius 3 is 2.75 bits per heavy atom. The maximum absolute atomic E-state index is 13.0.